The van der Waals surface area contributed by atoms with E-state index in [9.17, 15) is 13.5 Å². The number of fused-ring (bicyclic) bond motifs is 1. The van der Waals surface area contributed by atoms with Crippen LogP contribution in [0.2, 0.25) is 0 Å². The molecule has 1 aromatic carbocycles. The molecule has 0 spiro atoms. The van der Waals surface area contributed by atoms with Gasteiger partial charge in [0.25, 0.3) is 0 Å². The standard InChI is InChI=1S/C13H18N2O5S/c16-8-11-3-1-2-6-15(11)21(17,18)14-10-4-5-12-13(7-10)20-9-19-12/h4-5,7,11,14,16H,1-3,6,8-9H2. The second-order valence-corrected chi connectivity index (χ2v) is 6.74. The molecule has 2 heterocycles. The molecular weight excluding hydrogens is 296 g/mol. The third-order valence-electron chi connectivity index (χ3n) is 3.71. The van der Waals surface area contributed by atoms with E-state index in [4.69, 9.17) is 9.47 Å². The number of benzene rings is 1. The Labute approximate surface area is 123 Å². The highest BCUT2D eigenvalue weighted by atomic mass is 32.2. The molecule has 0 aliphatic carbocycles. The zero-order valence-electron chi connectivity index (χ0n) is 11.5. The molecule has 8 heteroatoms. The molecule has 1 unspecified atom stereocenters. The maximum absolute atomic E-state index is 12.5. The summed E-state index contributed by atoms with van der Waals surface area (Å²) in [4.78, 5) is 0. The normalized spacial score (nSPS) is 22.2. The van der Waals surface area contributed by atoms with Crippen LogP contribution in [0.5, 0.6) is 11.5 Å². The highest BCUT2D eigenvalue weighted by Gasteiger charge is 2.32. The van der Waals surface area contributed by atoms with Crippen molar-refractivity contribution in [2.45, 2.75) is 25.3 Å². The maximum Gasteiger partial charge on any atom is 0.301 e. The molecule has 21 heavy (non-hydrogen) atoms. The second kappa shape index (κ2) is 5.70. The first-order valence-corrected chi connectivity index (χ1v) is 8.34. The van der Waals surface area contributed by atoms with Gasteiger partial charge in [-0.1, -0.05) is 6.42 Å². The number of piperidine rings is 1. The van der Waals surface area contributed by atoms with E-state index in [1.807, 2.05) is 0 Å². The average Bonchev–Trinajstić information content (AvgIpc) is 2.94. The largest absolute Gasteiger partial charge is 0.454 e. The molecule has 7 nitrogen and oxygen atoms in total. The first-order valence-electron chi connectivity index (χ1n) is 6.90. The Morgan fingerprint density at radius 3 is 2.90 bits per heavy atom. The van der Waals surface area contributed by atoms with Crippen molar-refractivity contribution in [1.29, 1.82) is 0 Å². The number of nitrogens with one attached hydrogen (secondary N) is 1. The maximum atomic E-state index is 12.5. The summed E-state index contributed by atoms with van der Waals surface area (Å²) >= 11 is 0. The summed E-state index contributed by atoms with van der Waals surface area (Å²) in [6.07, 6.45) is 2.42. The third-order valence-corrected chi connectivity index (χ3v) is 5.30. The van der Waals surface area contributed by atoms with Crippen molar-refractivity contribution in [3.63, 3.8) is 0 Å². The molecule has 3 rings (SSSR count). The predicted molar refractivity (Wildman–Crippen MR) is 76.5 cm³/mol. The van der Waals surface area contributed by atoms with Crippen LogP contribution >= 0.6 is 0 Å². The fraction of sp³-hybridized carbons (Fsp3) is 0.538. The Morgan fingerprint density at radius 1 is 1.29 bits per heavy atom. The Morgan fingerprint density at radius 2 is 2.10 bits per heavy atom. The van der Waals surface area contributed by atoms with Crippen LogP contribution in [0.4, 0.5) is 5.69 Å². The number of anilines is 1. The van der Waals surface area contributed by atoms with E-state index in [0.717, 1.165) is 12.8 Å². The Kier molecular flexibility index (Phi) is 3.92. The van der Waals surface area contributed by atoms with Gasteiger partial charge >= 0.3 is 10.2 Å². The minimum Gasteiger partial charge on any atom is -0.454 e. The fourth-order valence-electron chi connectivity index (χ4n) is 2.64. The predicted octanol–water partition coefficient (Wildman–Crippen LogP) is 0.919. The molecule has 1 atom stereocenters. The zero-order valence-corrected chi connectivity index (χ0v) is 12.3. The van der Waals surface area contributed by atoms with Crippen LogP contribution < -0.4 is 14.2 Å². The zero-order chi connectivity index (χ0) is 14.9. The van der Waals surface area contributed by atoms with Crippen molar-refractivity contribution >= 4 is 15.9 Å². The van der Waals surface area contributed by atoms with E-state index >= 15 is 0 Å². The van der Waals surface area contributed by atoms with Gasteiger partial charge in [-0.05, 0) is 25.0 Å². The molecule has 2 aliphatic rings. The molecule has 0 radical (unpaired) electrons. The van der Waals surface area contributed by atoms with Crippen molar-refractivity contribution in [1.82, 2.24) is 4.31 Å². The van der Waals surface area contributed by atoms with E-state index in [1.165, 1.54) is 4.31 Å². The summed E-state index contributed by atoms with van der Waals surface area (Å²) < 4.78 is 39.2. The molecular formula is C13H18N2O5S. The summed E-state index contributed by atoms with van der Waals surface area (Å²) in [6, 6.07) is 4.53. The smallest absolute Gasteiger partial charge is 0.301 e. The fourth-order valence-corrected chi connectivity index (χ4v) is 4.12. The number of hydrogen-bond donors (Lipinski definition) is 2. The van der Waals surface area contributed by atoms with Crippen LogP contribution in [-0.2, 0) is 10.2 Å². The SMILES string of the molecule is O=S(=O)(Nc1ccc2c(c1)OCO2)N1CCCCC1CO. The Balaban J connectivity index is 1.79. The van der Waals surface area contributed by atoms with E-state index in [0.29, 0.717) is 30.2 Å². The lowest BCUT2D eigenvalue weighted by Gasteiger charge is -2.33. The average molecular weight is 314 g/mol. The summed E-state index contributed by atoms with van der Waals surface area (Å²) in [5.74, 6) is 1.12. The molecule has 0 amide bonds. The summed E-state index contributed by atoms with van der Waals surface area (Å²) in [6.45, 7) is 0.400. The van der Waals surface area contributed by atoms with Crippen molar-refractivity contribution in [3.05, 3.63) is 18.2 Å². The molecule has 2 aliphatic heterocycles. The highest BCUT2D eigenvalue weighted by molar-refractivity contribution is 7.90. The van der Waals surface area contributed by atoms with Crippen molar-refractivity contribution in [2.24, 2.45) is 0 Å². The number of ether oxygens (including phenoxy) is 2. The van der Waals surface area contributed by atoms with Crippen LogP contribution in [0.15, 0.2) is 18.2 Å². The third kappa shape index (κ3) is 2.92. The lowest BCUT2D eigenvalue weighted by Crippen LogP contribution is -2.47. The van der Waals surface area contributed by atoms with Crippen molar-refractivity contribution in [2.75, 3.05) is 24.7 Å². The first-order chi connectivity index (χ1) is 10.1. The van der Waals surface area contributed by atoms with Gasteiger partial charge in [-0.15, -0.1) is 0 Å². The van der Waals surface area contributed by atoms with E-state index < -0.39 is 10.2 Å². The van der Waals surface area contributed by atoms with Gasteiger partial charge in [-0.2, -0.15) is 12.7 Å². The van der Waals surface area contributed by atoms with Gasteiger partial charge in [-0.25, -0.2) is 0 Å². The Hall–Kier alpha value is -1.51. The topological polar surface area (TPSA) is 88.1 Å². The van der Waals surface area contributed by atoms with Crippen LogP contribution in [0.3, 0.4) is 0 Å². The highest BCUT2D eigenvalue weighted by Crippen LogP contribution is 2.34. The lowest BCUT2D eigenvalue weighted by atomic mass is 10.1. The van der Waals surface area contributed by atoms with Crippen LogP contribution in [-0.4, -0.2) is 43.8 Å². The van der Waals surface area contributed by atoms with Crippen LogP contribution in [0.1, 0.15) is 19.3 Å². The van der Waals surface area contributed by atoms with Gasteiger partial charge in [0, 0.05) is 18.7 Å². The van der Waals surface area contributed by atoms with E-state index in [-0.39, 0.29) is 19.4 Å². The quantitative estimate of drug-likeness (QED) is 0.863. The van der Waals surface area contributed by atoms with Gasteiger partial charge in [0.05, 0.1) is 12.3 Å². The molecule has 116 valence electrons. The minimum absolute atomic E-state index is 0.143. The summed E-state index contributed by atoms with van der Waals surface area (Å²) in [7, 11) is -3.69. The molecule has 1 fully saturated rings. The number of rotatable bonds is 4. The van der Waals surface area contributed by atoms with Gasteiger partial charge in [0.1, 0.15) is 0 Å². The minimum atomic E-state index is -3.69. The molecule has 1 aromatic rings. The van der Waals surface area contributed by atoms with E-state index in [1.54, 1.807) is 18.2 Å². The molecule has 1 saturated heterocycles. The molecule has 0 saturated carbocycles. The second-order valence-electron chi connectivity index (χ2n) is 5.12. The molecule has 2 N–H and O–H groups in total. The molecule has 0 bridgehead atoms. The number of aliphatic hydroxyl groups excluding tert-OH is 1. The van der Waals surface area contributed by atoms with Crippen molar-refractivity contribution < 1.29 is 23.0 Å². The van der Waals surface area contributed by atoms with E-state index in [2.05, 4.69) is 4.72 Å². The van der Waals surface area contributed by atoms with Crippen LogP contribution in [0, 0.1) is 0 Å². The van der Waals surface area contributed by atoms with Gasteiger partial charge in [0.15, 0.2) is 11.5 Å². The monoisotopic (exact) mass is 314 g/mol. The molecule has 0 aromatic heterocycles. The summed E-state index contributed by atoms with van der Waals surface area (Å²) in [5, 5.41) is 9.35. The van der Waals surface area contributed by atoms with Crippen molar-refractivity contribution in [3.8, 4) is 11.5 Å². The lowest BCUT2D eigenvalue weighted by molar-refractivity contribution is 0.156. The number of aliphatic hydroxyl groups is 1. The summed E-state index contributed by atoms with van der Waals surface area (Å²) in [5.41, 5.74) is 0.418. The Bertz CT molecular complexity index is 619. The number of hydrogen-bond acceptors (Lipinski definition) is 5. The van der Waals surface area contributed by atoms with Gasteiger partial charge in [0.2, 0.25) is 6.79 Å². The van der Waals surface area contributed by atoms with Gasteiger partial charge < -0.3 is 14.6 Å². The number of nitrogens with zero attached hydrogens (tertiary/aromatic N) is 1. The first kappa shape index (κ1) is 14.4. The van der Waals surface area contributed by atoms with Crippen LogP contribution in [0.25, 0.3) is 0 Å². The van der Waals surface area contributed by atoms with Gasteiger partial charge in [-0.3, -0.25) is 4.72 Å².